The normalized spacial score (nSPS) is 12.0. The number of carbonyl (C=O) groups excluding carboxylic acids is 1. The Labute approximate surface area is 146 Å². The molecule has 1 atom stereocenters. The van der Waals surface area contributed by atoms with Gasteiger partial charge in [-0.15, -0.1) is 0 Å². The van der Waals surface area contributed by atoms with Crippen LogP contribution in [-0.2, 0) is 17.8 Å². The van der Waals surface area contributed by atoms with E-state index >= 15 is 0 Å². The van der Waals surface area contributed by atoms with Gasteiger partial charge in [0, 0.05) is 19.4 Å². The van der Waals surface area contributed by atoms with E-state index in [0.29, 0.717) is 36.1 Å². The average molecular weight is 335 g/mol. The quantitative estimate of drug-likeness (QED) is 0.727. The Bertz CT molecular complexity index is 919. The molecule has 1 amide bonds. The Kier molecular flexibility index (Phi) is 5.23. The molecule has 0 saturated heterocycles. The Hall–Kier alpha value is -2.95. The van der Waals surface area contributed by atoms with E-state index in [2.05, 4.69) is 15.3 Å². The summed E-state index contributed by atoms with van der Waals surface area (Å²) in [6.45, 7) is 2.51. The second-order valence-corrected chi connectivity index (χ2v) is 6.31. The van der Waals surface area contributed by atoms with Gasteiger partial charge in [-0.1, -0.05) is 49.4 Å². The molecule has 2 aromatic carbocycles. The highest BCUT2D eigenvalue weighted by molar-refractivity contribution is 5.77. The number of benzene rings is 2. The summed E-state index contributed by atoms with van der Waals surface area (Å²) in [6, 6.07) is 17.1. The molecule has 1 aromatic heterocycles. The number of H-pyrrole nitrogens is 1. The number of hydrogen-bond donors (Lipinski definition) is 2. The van der Waals surface area contributed by atoms with Gasteiger partial charge in [0.25, 0.3) is 5.56 Å². The topological polar surface area (TPSA) is 74.8 Å². The summed E-state index contributed by atoms with van der Waals surface area (Å²) < 4.78 is 0. The van der Waals surface area contributed by atoms with E-state index in [0.717, 1.165) is 5.56 Å². The van der Waals surface area contributed by atoms with Gasteiger partial charge in [0.1, 0.15) is 5.82 Å². The first kappa shape index (κ1) is 16.9. The molecule has 2 N–H and O–H groups in total. The third-order valence-electron chi connectivity index (χ3n) is 4.07. The van der Waals surface area contributed by atoms with E-state index in [4.69, 9.17) is 0 Å². The molecule has 0 aliphatic carbocycles. The number of rotatable bonds is 6. The van der Waals surface area contributed by atoms with Crippen LogP contribution in [0.4, 0.5) is 0 Å². The second-order valence-electron chi connectivity index (χ2n) is 6.31. The molecule has 0 fully saturated rings. The molecule has 3 aromatic rings. The van der Waals surface area contributed by atoms with Crippen molar-refractivity contribution in [1.82, 2.24) is 15.3 Å². The van der Waals surface area contributed by atoms with Gasteiger partial charge in [-0.2, -0.15) is 0 Å². The lowest BCUT2D eigenvalue weighted by Gasteiger charge is -2.11. The maximum absolute atomic E-state index is 12.1. The summed E-state index contributed by atoms with van der Waals surface area (Å²) in [7, 11) is 0. The molecular formula is C20H21N3O2. The van der Waals surface area contributed by atoms with Crippen molar-refractivity contribution in [1.29, 1.82) is 0 Å². The fourth-order valence-electron chi connectivity index (χ4n) is 2.82. The van der Waals surface area contributed by atoms with Crippen LogP contribution in [0.5, 0.6) is 0 Å². The summed E-state index contributed by atoms with van der Waals surface area (Å²) in [6.07, 6.45) is 0.947. The number of hydrogen-bond acceptors (Lipinski definition) is 3. The maximum atomic E-state index is 12.1. The van der Waals surface area contributed by atoms with E-state index in [1.165, 1.54) is 0 Å². The first-order chi connectivity index (χ1) is 12.1. The summed E-state index contributed by atoms with van der Waals surface area (Å²) in [5.74, 6) is 0.701. The van der Waals surface area contributed by atoms with Crippen LogP contribution in [0, 0.1) is 5.92 Å². The van der Waals surface area contributed by atoms with Crippen LogP contribution in [0.15, 0.2) is 59.4 Å². The minimum Gasteiger partial charge on any atom is -0.352 e. The van der Waals surface area contributed by atoms with Crippen molar-refractivity contribution in [3.63, 3.8) is 0 Å². The van der Waals surface area contributed by atoms with Crippen LogP contribution in [-0.4, -0.2) is 15.9 Å². The van der Waals surface area contributed by atoms with Crippen molar-refractivity contribution in [3.8, 4) is 0 Å². The highest BCUT2D eigenvalue weighted by Gasteiger charge is 2.12. The third kappa shape index (κ3) is 4.53. The zero-order chi connectivity index (χ0) is 17.6. The largest absolute Gasteiger partial charge is 0.352 e. The second kappa shape index (κ2) is 7.75. The van der Waals surface area contributed by atoms with Crippen LogP contribution in [0.3, 0.4) is 0 Å². The van der Waals surface area contributed by atoms with Gasteiger partial charge in [0.15, 0.2) is 0 Å². The number of carbonyl (C=O) groups is 1. The van der Waals surface area contributed by atoms with Crippen molar-refractivity contribution in [3.05, 3.63) is 76.3 Å². The predicted octanol–water partition coefficient (Wildman–Crippen LogP) is 2.81. The molecule has 25 heavy (non-hydrogen) atoms. The summed E-state index contributed by atoms with van der Waals surface area (Å²) in [4.78, 5) is 31.5. The van der Waals surface area contributed by atoms with Crippen LogP contribution >= 0.6 is 0 Å². The predicted molar refractivity (Wildman–Crippen MR) is 98.1 cm³/mol. The first-order valence-electron chi connectivity index (χ1n) is 8.40. The van der Waals surface area contributed by atoms with Gasteiger partial charge in [-0.3, -0.25) is 9.59 Å². The van der Waals surface area contributed by atoms with Crippen LogP contribution in [0.25, 0.3) is 10.9 Å². The summed E-state index contributed by atoms with van der Waals surface area (Å²) in [5.41, 5.74) is 1.62. The SMILES string of the molecule is CC(CC(=O)NCc1ccccc1)Cc1nc2ccccc2c(=O)[nH]1. The Morgan fingerprint density at radius 1 is 1.12 bits per heavy atom. The van der Waals surface area contributed by atoms with Gasteiger partial charge < -0.3 is 10.3 Å². The number of nitrogens with zero attached hydrogens (tertiary/aromatic N) is 1. The van der Waals surface area contributed by atoms with Crippen LogP contribution < -0.4 is 10.9 Å². The molecule has 0 aliphatic rings. The monoisotopic (exact) mass is 335 g/mol. The fourth-order valence-corrected chi connectivity index (χ4v) is 2.82. The molecule has 5 nitrogen and oxygen atoms in total. The number of amides is 1. The number of aromatic nitrogens is 2. The molecule has 0 spiro atoms. The van der Waals surface area contributed by atoms with Crippen molar-refractivity contribution >= 4 is 16.8 Å². The highest BCUT2D eigenvalue weighted by Crippen LogP contribution is 2.11. The maximum Gasteiger partial charge on any atom is 0.258 e. The number of para-hydroxylation sites is 1. The molecule has 3 rings (SSSR count). The zero-order valence-electron chi connectivity index (χ0n) is 14.2. The minimum absolute atomic E-state index is 0.000473. The smallest absolute Gasteiger partial charge is 0.258 e. The van der Waals surface area contributed by atoms with Crippen LogP contribution in [0.2, 0.25) is 0 Å². The highest BCUT2D eigenvalue weighted by atomic mass is 16.1. The Morgan fingerprint density at radius 2 is 1.84 bits per heavy atom. The van der Waals surface area contributed by atoms with Crippen LogP contribution in [0.1, 0.15) is 24.7 Å². The van der Waals surface area contributed by atoms with E-state index in [1.54, 1.807) is 6.07 Å². The molecule has 1 heterocycles. The number of nitrogens with one attached hydrogen (secondary N) is 2. The number of fused-ring (bicyclic) bond motifs is 1. The van der Waals surface area contributed by atoms with E-state index in [9.17, 15) is 9.59 Å². The van der Waals surface area contributed by atoms with Gasteiger partial charge >= 0.3 is 0 Å². The lowest BCUT2D eigenvalue weighted by Crippen LogP contribution is -2.25. The molecule has 0 aliphatic heterocycles. The van der Waals surface area contributed by atoms with Gasteiger partial charge in [0.05, 0.1) is 10.9 Å². The van der Waals surface area contributed by atoms with E-state index < -0.39 is 0 Å². The van der Waals surface area contributed by atoms with Crippen molar-refractivity contribution in [2.75, 3.05) is 0 Å². The molecule has 128 valence electrons. The van der Waals surface area contributed by atoms with Crippen molar-refractivity contribution in [2.45, 2.75) is 26.3 Å². The van der Waals surface area contributed by atoms with E-state index in [-0.39, 0.29) is 17.4 Å². The average Bonchev–Trinajstić information content (AvgIpc) is 2.61. The summed E-state index contributed by atoms with van der Waals surface area (Å²) >= 11 is 0. The Morgan fingerprint density at radius 3 is 2.64 bits per heavy atom. The minimum atomic E-state index is -0.138. The molecule has 0 saturated carbocycles. The fraction of sp³-hybridized carbons (Fsp3) is 0.250. The number of aromatic amines is 1. The van der Waals surface area contributed by atoms with Crippen molar-refractivity contribution in [2.24, 2.45) is 5.92 Å². The molecule has 0 radical (unpaired) electrons. The molecular weight excluding hydrogens is 314 g/mol. The lowest BCUT2D eigenvalue weighted by atomic mass is 10.0. The first-order valence-corrected chi connectivity index (χ1v) is 8.40. The lowest BCUT2D eigenvalue weighted by molar-refractivity contribution is -0.122. The van der Waals surface area contributed by atoms with Gasteiger partial charge in [-0.25, -0.2) is 4.98 Å². The van der Waals surface area contributed by atoms with Gasteiger partial charge in [-0.05, 0) is 23.6 Å². The Balaban J connectivity index is 1.58. The molecule has 5 heteroatoms. The standard InChI is InChI=1S/C20H21N3O2/c1-14(12-19(24)21-13-15-7-3-2-4-8-15)11-18-22-17-10-6-5-9-16(17)20(25)23-18/h2-10,14H,11-13H2,1H3,(H,21,24)(H,22,23,25). The molecule has 1 unspecified atom stereocenters. The van der Waals surface area contributed by atoms with Crippen molar-refractivity contribution < 1.29 is 4.79 Å². The third-order valence-corrected chi connectivity index (χ3v) is 4.07. The summed E-state index contributed by atoms with van der Waals surface area (Å²) in [5, 5.41) is 3.51. The van der Waals surface area contributed by atoms with Gasteiger partial charge in [0.2, 0.25) is 5.91 Å². The van der Waals surface area contributed by atoms with E-state index in [1.807, 2.05) is 55.5 Å². The molecule has 0 bridgehead atoms. The zero-order valence-corrected chi connectivity index (χ0v) is 14.2.